The molecular weight excluding hydrogens is 342 g/mol. The lowest BCUT2D eigenvalue weighted by Gasteiger charge is -2.25. The van der Waals surface area contributed by atoms with Crippen LogP contribution in [0.1, 0.15) is 30.9 Å². The summed E-state index contributed by atoms with van der Waals surface area (Å²) < 4.78 is 16.2. The molecule has 27 heavy (non-hydrogen) atoms. The Balaban J connectivity index is 1.67. The van der Waals surface area contributed by atoms with Crippen LogP contribution in [0.3, 0.4) is 0 Å². The standard InChI is InChI=1S/C21H29N3O3/c1-4-15-11-18(14-23-21(15)24-17-7-9-27-10-8-17)22-13-16-5-6-19(25-2)12-20(16)26-3/h5-6,11-12,14,17,22H,4,7-10,13H2,1-3H3,(H,23,24). The monoisotopic (exact) mass is 371 g/mol. The van der Waals surface area contributed by atoms with Crippen LogP contribution in [-0.4, -0.2) is 38.5 Å². The van der Waals surface area contributed by atoms with E-state index in [1.54, 1.807) is 14.2 Å². The number of rotatable bonds is 8. The van der Waals surface area contributed by atoms with Gasteiger partial charge in [-0.2, -0.15) is 0 Å². The molecule has 0 spiro atoms. The maximum absolute atomic E-state index is 5.47. The van der Waals surface area contributed by atoms with Gasteiger partial charge in [-0.3, -0.25) is 0 Å². The quantitative estimate of drug-likeness (QED) is 0.735. The Hall–Kier alpha value is -2.47. The number of aromatic nitrogens is 1. The molecule has 1 aromatic carbocycles. The first kappa shape index (κ1) is 19.3. The Kier molecular flexibility index (Phi) is 6.76. The highest BCUT2D eigenvalue weighted by Crippen LogP contribution is 2.26. The topological polar surface area (TPSA) is 64.6 Å². The van der Waals surface area contributed by atoms with Crippen LogP contribution >= 0.6 is 0 Å². The van der Waals surface area contributed by atoms with Crippen molar-refractivity contribution in [1.82, 2.24) is 4.98 Å². The second-order valence-corrected chi connectivity index (χ2v) is 6.65. The molecule has 1 aromatic heterocycles. The summed E-state index contributed by atoms with van der Waals surface area (Å²) in [6, 6.07) is 8.47. The molecule has 3 rings (SSSR count). The molecule has 1 aliphatic rings. The summed E-state index contributed by atoms with van der Waals surface area (Å²) in [5, 5.41) is 7.03. The number of pyridine rings is 1. The van der Waals surface area contributed by atoms with Crippen LogP contribution < -0.4 is 20.1 Å². The van der Waals surface area contributed by atoms with Crippen molar-refractivity contribution < 1.29 is 14.2 Å². The number of methoxy groups -OCH3 is 2. The first-order chi connectivity index (χ1) is 13.2. The fourth-order valence-corrected chi connectivity index (χ4v) is 3.24. The molecule has 0 amide bonds. The lowest BCUT2D eigenvalue weighted by molar-refractivity contribution is 0.0903. The van der Waals surface area contributed by atoms with E-state index in [0.29, 0.717) is 12.6 Å². The summed E-state index contributed by atoms with van der Waals surface area (Å²) in [7, 11) is 3.33. The van der Waals surface area contributed by atoms with Gasteiger partial charge in [0.15, 0.2) is 0 Å². The number of aryl methyl sites for hydroxylation is 1. The average molecular weight is 371 g/mol. The van der Waals surface area contributed by atoms with E-state index in [0.717, 1.165) is 61.0 Å². The zero-order chi connectivity index (χ0) is 19.1. The van der Waals surface area contributed by atoms with Crippen molar-refractivity contribution >= 4 is 11.5 Å². The van der Waals surface area contributed by atoms with E-state index in [9.17, 15) is 0 Å². The molecule has 0 aliphatic carbocycles. The van der Waals surface area contributed by atoms with E-state index < -0.39 is 0 Å². The van der Waals surface area contributed by atoms with Crippen molar-refractivity contribution in [3.63, 3.8) is 0 Å². The van der Waals surface area contributed by atoms with Gasteiger partial charge in [0.05, 0.1) is 26.1 Å². The number of ether oxygens (including phenoxy) is 3. The maximum Gasteiger partial charge on any atom is 0.129 e. The molecule has 0 radical (unpaired) electrons. The van der Waals surface area contributed by atoms with E-state index in [4.69, 9.17) is 14.2 Å². The van der Waals surface area contributed by atoms with Gasteiger partial charge < -0.3 is 24.8 Å². The Bertz CT molecular complexity index is 745. The Labute approximate surface area is 161 Å². The van der Waals surface area contributed by atoms with E-state index in [1.807, 2.05) is 24.4 Å². The molecular formula is C21H29N3O3. The molecule has 2 aromatic rings. The molecule has 6 heteroatoms. The van der Waals surface area contributed by atoms with E-state index in [1.165, 1.54) is 5.56 Å². The predicted octanol–water partition coefficient (Wildman–Crippen LogP) is 3.86. The fraction of sp³-hybridized carbons (Fsp3) is 0.476. The van der Waals surface area contributed by atoms with Crippen molar-refractivity contribution in [2.75, 3.05) is 38.1 Å². The molecule has 146 valence electrons. The third-order valence-electron chi connectivity index (χ3n) is 4.89. The molecule has 1 aliphatic heterocycles. The zero-order valence-corrected chi connectivity index (χ0v) is 16.4. The Morgan fingerprint density at radius 3 is 2.63 bits per heavy atom. The van der Waals surface area contributed by atoms with Gasteiger partial charge in [0, 0.05) is 37.4 Å². The molecule has 2 N–H and O–H groups in total. The van der Waals surface area contributed by atoms with Crippen molar-refractivity contribution in [3.05, 3.63) is 41.6 Å². The maximum atomic E-state index is 5.47. The lowest BCUT2D eigenvalue weighted by Crippen LogP contribution is -2.28. The predicted molar refractivity (Wildman–Crippen MR) is 108 cm³/mol. The highest BCUT2D eigenvalue weighted by molar-refractivity contribution is 5.55. The van der Waals surface area contributed by atoms with E-state index >= 15 is 0 Å². The summed E-state index contributed by atoms with van der Waals surface area (Å²) in [5.74, 6) is 2.58. The number of nitrogens with zero attached hydrogens (tertiary/aromatic N) is 1. The van der Waals surface area contributed by atoms with Crippen LogP contribution in [0.2, 0.25) is 0 Å². The second kappa shape index (κ2) is 9.46. The van der Waals surface area contributed by atoms with Gasteiger partial charge in [-0.25, -0.2) is 4.98 Å². The molecule has 0 atom stereocenters. The first-order valence-corrected chi connectivity index (χ1v) is 9.51. The number of anilines is 2. The van der Waals surface area contributed by atoms with Crippen LogP contribution in [0.25, 0.3) is 0 Å². The summed E-state index contributed by atoms with van der Waals surface area (Å²) in [5.41, 5.74) is 3.29. The van der Waals surface area contributed by atoms with Gasteiger partial charge >= 0.3 is 0 Å². The molecule has 6 nitrogen and oxygen atoms in total. The van der Waals surface area contributed by atoms with Crippen molar-refractivity contribution in [2.45, 2.75) is 38.8 Å². The minimum absolute atomic E-state index is 0.443. The molecule has 2 heterocycles. The fourth-order valence-electron chi connectivity index (χ4n) is 3.24. The number of hydrogen-bond donors (Lipinski definition) is 2. The van der Waals surface area contributed by atoms with Crippen LogP contribution in [0.5, 0.6) is 11.5 Å². The normalized spacial score (nSPS) is 14.6. The first-order valence-electron chi connectivity index (χ1n) is 9.51. The van der Waals surface area contributed by atoms with Crippen LogP contribution in [-0.2, 0) is 17.7 Å². The minimum atomic E-state index is 0.443. The largest absolute Gasteiger partial charge is 0.497 e. The molecule has 1 saturated heterocycles. The van der Waals surface area contributed by atoms with Crippen molar-refractivity contribution in [3.8, 4) is 11.5 Å². The third kappa shape index (κ3) is 5.04. The van der Waals surface area contributed by atoms with E-state index in [-0.39, 0.29) is 0 Å². The zero-order valence-electron chi connectivity index (χ0n) is 16.4. The number of hydrogen-bond acceptors (Lipinski definition) is 6. The van der Waals surface area contributed by atoms with Crippen LogP contribution in [0.4, 0.5) is 11.5 Å². The van der Waals surface area contributed by atoms with E-state index in [2.05, 4.69) is 28.6 Å². The Morgan fingerprint density at radius 1 is 1.11 bits per heavy atom. The molecule has 0 bridgehead atoms. The Morgan fingerprint density at radius 2 is 1.93 bits per heavy atom. The molecule has 0 unspecified atom stereocenters. The second-order valence-electron chi connectivity index (χ2n) is 6.65. The van der Waals surface area contributed by atoms with Crippen LogP contribution in [0, 0.1) is 0 Å². The number of nitrogens with one attached hydrogen (secondary N) is 2. The highest BCUT2D eigenvalue weighted by atomic mass is 16.5. The van der Waals surface area contributed by atoms with Gasteiger partial charge in [0.1, 0.15) is 17.3 Å². The SMILES string of the molecule is CCc1cc(NCc2ccc(OC)cc2OC)cnc1NC1CCOCC1. The average Bonchev–Trinajstić information content (AvgIpc) is 2.73. The van der Waals surface area contributed by atoms with Gasteiger partial charge in [-0.1, -0.05) is 6.92 Å². The van der Waals surface area contributed by atoms with Crippen LogP contribution in [0.15, 0.2) is 30.5 Å². The smallest absolute Gasteiger partial charge is 0.129 e. The van der Waals surface area contributed by atoms with Gasteiger partial charge in [-0.15, -0.1) is 0 Å². The lowest BCUT2D eigenvalue weighted by atomic mass is 10.1. The number of benzene rings is 1. The minimum Gasteiger partial charge on any atom is -0.497 e. The molecule has 0 saturated carbocycles. The van der Waals surface area contributed by atoms with Crippen molar-refractivity contribution in [1.29, 1.82) is 0 Å². The van der Waals surface area contributed by atoms with Gasteiger partial charge in [0.25, 0.3) is 0 Å². The van der Waals surface area contributed by atoms with Crippen molar-refractivity contribution in [2.24, 2.45) is 0 Å². The summed E-state index contributed by atoms with van der Waals surface area (Å²) in [4.78, 5) is 4.66. The summed E-state index contributed by atoms with van der Waals surface area (Å²) in [6.07, 6.45) is 4.88. The summed E-state index contributed by atoms with van der Waals surface area (Å²) in [6.45, 7) is 4.46. The summed E-state index contributed by atoms with van der Waals surface area (Å²) >= 11 is 0. The van der Waals surface area contributed by atoms with Gasteiger partial charge in [0.2, 0.25) is 0 Å². The third-order valence-corrected chi connectivity index (χ3v) is 4.89. The highest BCUT2D eigenvalue weighted by Gasteiger charge is 2.15. The molecule has 1 fully saturated rings. The van der Waals surface area contributed by atoms with Gasteiger partial charge in [-0.05, 0) is 43.0 Å².